The highest BCUT2D eigenvalue weighted by atomic mass is 32.2. The van der Waals surface area contributed by atoms with E-state index in [0.717, 1.165) is 22.8 Å². The molecule has 0 saturated heterocycles. The molecule has 6 heteroatoms. The van der Waals surface area contributed by atoms with Crippen molar-refractivity contribution in [2.24, 2.45) is 0 Å². The van der Waals surface area contributed by atoms with Crippen molar-refractivity contribution < 1.29 is 9.72 Å². The first kappa shape index (κ1) is 14.6. The van der Waals surface area contributed by atoms with E-state index in [1.165, 1.54) is 24.3 Å². The molecule has 112 valence electrons. The first-order chi connectivity index (χ1) is 10.7. The van der Waals surface area contributed by atoms with E-state index in [-0.39, 0.29) is 11.6 Å². The molecule has 0 bridgehead atoms. The topological polar surface area (TPSA) is 63.4 Å². The van der Waals surface area contributed by atoms with Crippen LogP contribution in [0.25, 0.3) is 0 Å². The van der Waals surface area contributed by atoms with Crippen molar-refractivity contribution in [2.45, 2.75) is 5.75 Å². The molecule has 1 aliphatic rings. The molecule has 3 rings (SSSR count). The van der Waals surface area contributed by atoms with Crippen LogP contribution in [0, 0.1) is 10.1 Å². The van der Waals surface area contributed by atoms with Crippen molar-refractivity contribution in [1.82, 2.24) is 0 Å². The van der Waals surface area contributed by atoms with Crippen LogP contribution < -0.4 is 4.90 Å². The summed E-state index contributed by atoms with van der Waals surface area (Å²) in [5.74, 6) is 1.64. The van der Waals surface area contributed by atoms with Crippen molar-refractivity contribution in [1.29, 1.82) is 0 Å². The van der Waals surface area contributed by atoms with E-state index < -0.39 is 4.92 Å². The maximum Gasteiger partial charge on any atom is 0.269 e. The maximum absolute atomic E-state index is 12.7. The highest BCUT2D eigenvalue weighted by molar-refractivity contribution is 7.98. The van der Waals surface area contributed by atoms with Crippen molar-refractivity contribution in [3.8, 4) is 0 Å². The number of thioether (sulfide) groups is 1. The summed E-state index contributed by atoms with van der Waals surface area (Å²) in [7, 11) is 0. The number of amides is 1. The Kier molecular flexibility index (Phi) is 4.11. The largest absolute Gasteiger partial charge is 0.307 e. The monoisotopic (exact) mass is 314 g/mol. The number of nitrogens with zero attached hydrogens (tertiary/aromatic N) is 2. The predicted octanol–water partition coefficient (Wildman–Crippen LogP) is 3.49. The molecule has 0 aromatic heterocycles. The molecule has 0 atom stereocenters. The molecule has 0 saturated carbocycles. The highest BCUT2D eigenvalue weighted by Crippen LogP contribution is 2.29. The minimum Gasteiger partial charge on any atom is -0.307 e. The van der Waals surface area contributed by atoms with Gasteiger partial charge in [0.15, 0.2) is 0 Å². The Balaban J connectivity index is 1.93. The van der Waals surface area contributed by atoms with Gasteiger partial charge in [0.2, 0.25) is 0 Å². The number of rotatable bonds is 2. The van der Waals surface area contributed by atoms with Gasteiger partial charge in [-0.15, -0.1) is 0 Å². The summed E-state index contributed by atoms with van der Waals surface area (Å²) in [5.41, 5.74) is 2.52. The van der Waals surface area contributed by atoms with E-state index in [1.807, 2.05) is 24.3 Å². The molecule has 1 aliphatic heterocycles. The normalized spacial score (nSPS) is 14.1. The van der Waals surface area contributed by atoms with Gasteiger partial charge in [0.05, 0.1) is 4.92 Å². The molecule has 0 unspecified atom stereocenters. The average molecular weight is 314 g/mol. The van der Waals surface area contributed by atoms with Crippen molar-refractivity contribution in [2.75, 3.05) is 17.2 Å². The van der Waals surface area contributed by atoms with Gasteiger partial charge < -0.3 is 4.90 Å². The SMILES string of the molecule is O=C(c1ccc([N+](=O)[O-])cc1)N1CCSCc2ccccc21. The second-order valence-electron chi connectivity index (χ2n) is 4.94. The van der Waals surface area contributed by atoms with Crippen LogP contribution in [-0.2, 0) is 5.75 Å². The molecule has 0 radical (unpaired) electrons. The molecule has 0 spiro atoms. The zero-order valence-electron chi connectivity index (χ0n) is 11.8. The third-order valence-electron chi connectivity index (χ3n) is 3.57. The molecule has 5 nitrogen and oxygen atoms in total. The second kappa shape index (κ2) is 6.19. The lowest BCUT2D eigenvalue weighted by Crippen LogP contribution is -2.32. The van der Waals surface area contributed by atoms with E-state index in [0.29, 0.717) is 12.1 Å². The molecule has 1 heterocycles. The fraction of sp³-hybridized carbons (Fsp3) is 0.188. The number of hydrogen-bond acceptors (Lipinski definition) is 4. The van der Waals surface area contributed by atoms with Crippen LogP contribution in [0.1, 0.15) is 15.9 Å². The number of nitro groups is 1. The molecule has 0 fully saturated rings. The van der Waals surface area contributed by atoms with Gasteiger partial charge in [-0.25, -0.2) is 0 Å². The fourth-order valence-electron chi connectivity index (χ4n) is 2.45. The fourth-order valence-corrected chi connectivity index (χ4v) is 3.37. The maximum atomic E-state index is 12.7. The summed E-state index contributed by atoms with van der Waals surface area (Å²) in [6.07, 6.45) is 0. The van der Waals surface area contributed by atoms with Crippen LogP contribution >= 0.6 is 11.8 Å². The van der Waals surface area contributed by atoms with Crippen LogP contribution in [0.3, 0.4) is 0 Å². The van der Waals surface area contributed by atoms with E-state index in [4.69, 9.17) is 0 Å². The molecule has 0 N–H and O–H groups in total. The van der Waals surface area contributed by atoms with Crippen LogP contribution in [0.2, 0.25) is 0 Å². The predicted molar refractivity (Wildman–Crippen MR) is 87.4 cm³/mol. The summed E-state index contributed by atoms with van der Waals surface area (Å²) in [4.78, 5) is 24.7. The molecular formula is C16H14N2O3S. The van der Waals surface area contributed by atoms with Crippen LogP contribution in [0.15, 0.2) is 48.5 Å². The summed E-state index contributed by atoms with van der Waals surface area (Å²) in [6.45, 7) is 0.636. The Morgan fingerprint density at radius 2 is 1.86 bits per heavy atom. The summed E-state index contributed by atoms with van der Waals surface area (Å²) in [5, 5.41) is 10.7. The van der Waals surface area contributed by atoms with Crippen LogP contribution in [0.5, 0.6) is 0 Å². The van der Waals surface area contributed by atoms with Gasteiger partial charge in [-0.3, -0.25) is 14.9 Å². The van der Waals surface area contributed by atoms with Gasteiger partial charge in [0, 0.05) is 41.4 Å². The number of non-ortho nitro benzene ring substituents is 1. The minimum atomic E-state index is -0.466. The van der Waals surface area contributed by atoms with Crippen molar-refractivity contribution >= 4 is 29.0 Å². The molecule has 1 amide bonds. The Labute approximate surface area is 132 Å². The Morgan fingerprint density at radius 1 is 1.14 bits per heavy atom. The van der Waals surface area contributed by atoms with Crippen LogP contribution in [0.4, 0.5) is 11.4 Å². The average Bonchev–Trinajstić information content (AvgIpc) is 2.76. The Bertz CT molecular complexity index is 716. The first-order valence-electron chi connectivity index (χ1n) is 6.89. The zero-order valence-corrected chi connectivity index (χ0v) is 12.6. The summed E-state index contributed by atoms with van der Waals surface area (Å²) >= 11 is 1.80. The number of benzene rings is 2. The Hall–Kier alpha value is -2.34. The number of carbonyl (C=O) groups is 1. The number of nitro benzene ring substituents is 1. The smallest absolute Gasteiger partial charge is 0.269 e. The third kappa shape index (κ3) is 2.82. The number of para-hydroxylation sites is 1. The lowest BCUT2D eigenvalue weighted by Gasteiger charge is -2.22. The molecule has 22 heavy (non-hydrogen) atoms. The summed E-state index contributed by atoms with van der Waals surface area (Å²) < 4.78 is 0. The third-order valence-corrected chi connectivity index (χ3v) is 4.56. The van der Waals surface area contributed by atoms with Gasteiger partial charge in [-0.05, 0) is 23.8 Å². The second-order valence-corrected chi connectivity index (χ2v) is 6.05. The van der Waals surface area contributed by atoms with Crippen molar-refractivity contribution in [3.05, 3.63) is 69.8 Å². The lowest BCUT2D eigenvalue weighted by atomic mass is 10.1. The van der Waals surface area contributed by atoms with Crippen molar-refractivity contribution in [3.63, 3.8) is 0 Å². The summed E-state index contributed by atoms with van der Waals surface area (Å²) in [6, 6.07) is 13.6. The number of hydrogen-bond donors (Lipinski definition) is 0. The quantitative estimate of drug-likeness (QED) is 0.629. The molecule has 2 aromatic carbocycles. The highest BCUT2D eigenvalue weighted by Gasteiger charge is 2.22. The van der Waals surface area contributed by atoms with Gasteiger partial charge in [0.1, 0.15) is 0 Å². The molecule has 0 aliphatic carbocycles. The van der Waals surface area contributed by atoms with E-state index in [2.05, 4.69) is 0 Å². The van der Waals surface area contributed by atoms with E-state index in [9.17, 15) is 14.9 Å². The van der Waals surface area contributed by atoms with Gasteiger partial charge in [-0.2, -0.15) is 11.8 Å². The van der Waals surface area contributed by atoms with Crippen LogP contribution in [-0.4, -0.2) is 23.1 Å². The molecule has 2 aromatic rings. The van der Waals surface area contributed by atoms with E-state index in [1.54, 1.807) is 16.7 Å². The number of anilines is 1. The molecular weight excluding hydrogens is 300 g/mol. The zero-order chi connectivity index (χ0) is 15.5. The first-order valence-corrected chi connectivity index (χ1v) is 8.04. The number of carbonyl (C=O) groups excluding carboxylic acids is 1. The Morgan fingerprint density at radius 3 is 2.59 bits per heavy atom. The lowest BCUT2D eigenvalue weighted by molar-refractivity contribution is -0.384. The standard InChI is InChI=1S/C16H14N2O3S/c19-16(12-5-7-14(8-6-12)18(20)21)17-9-10-22-11-13-3-1-2-4-15(13)17/h1-8H,9-11H2. The minimum absolute atomic E-state index is 0.0108. The van der Waals surface area contributed by atoms with E-state index >= 15 is 0 Å². The van der Waals surface area contributed by atoms with Gasteiger partial charge in [0.25, 0.3) is 11.6 Å². The van der Waals surface area contributed by atoms with Gasteiger partial charge >= 0.3 is 0 Å². The van der Waals surface area contributed by atoms with Gasteiger partial charge in [-0.1, -0.05) is 18.2 Å². The number of fused-ring (bicyclic) bond motifs is 1.